The van der Waals surface area contributed by atoms with E-state index in [1.54, 1.807) is 54.6 Å². The maximum atomic E-state index is 12.0. The normalized spacial score (nSPS) is 10.8. The fraction of sp³-hybridized carbons (Fsp3) is 0.0952. The molecule has 0 saturated carbocycles. The summed E-state index contributed by atoms with van der Waals surface area (Å²) in [7, 11) is 2.62. The molecule has 1 heterocycles. The molecule has 3 rings (SSSR count). The summed E-state index contributed by atoms with van der Waals surface area (Å²) in [6.45, 7) is 0. The first-order valence-corrected chi connectivity index (χ1v) is 8.60. The Kier molecular flexibility index (Phi) is 5.91. The summed E-state index contributed by atoms with van der Waals surface area (Å²) in [5.41, 5.74) is 1.64. The number of hydrogen-bond acceptors (Lipinski definition) is 6. The van der Waals surface area contributed by atoms with Crippen LogP contribution in [0.15, 0.2) is 64.0 Å². The second-order valence-corrected chi connectivity index (χ2v) is 6.09. The van der Waals surface area contributed by atoms with Gasteiger partial charge in [0.1, 0.15) is 11.5 Å². The maximum Gasteiger partial charge on any atom is 0.340 e. The van der Waals surface area contributed by atoms with E-state index in [1.165, 1.54) is 20.4 Å². The summed E-state index contributed by atoms with van der Waals surface area (Å²) in [4.78, 5) is 28.1. The number of hydrogen-bond donors (Lipinski definition) is 0. The number of esters is 2. The van der Waals surface area contributed by atoms with E-state index in [0.29, 0.717) is 38.9 Å². The minimum atomic E-state index is -0.495. The second kappa shape index (κ2) is 8.54. The van der Waals surface area contributed by atoms with Crippen molar-refractivity contribution in [3.8, 4) is 11.3 Å². The Hall–Kier alpha value is -3.38. The van der Waals surface area contributed by atoms with Crippen molar-refractivity contribution in [3.63, 3.8) is 0 Å². The molecule has 2 aromatic carbocycles. The average molecular weight is 398 g/mol. The standard InChI is InChI=1S/C21H16ClNO5/c1-26-20(24)15-9-7-13(22)11-17(15)19-10-8-14(28-19)12-23-18-6-4-3-5-16(18)21(25)27-2/h3-12H,1-2H3. The molecule has 0 saturated heterocycles. The summed E-state index contributed by atoms with van der Waals surface area (Å²) in [5.74, 6) is -0.101. The highest BCUT2D eigenvalue weighted by atomic mass is 35.5. The molecule has 0 aliphatic heterocycles. The Labute approximate surface area is 166 Å². The summed E-state index contributed by atoms with van der Waals surface area (Å²) in [5, 5.41) is 0.460. The number of rotatable bonds is 5. The minimum Gasteiger partial charge on any atom is -0.465 e. The van der Waals surface area contributed by atoms with Crippen molar-refractivity contribution < 1.29 is 23.5 Å². The zero-order valence-corrected chi connectivity index (χ0v) is 15.9. The van der Waals surface area contributed by atoms with Gasteiger partial charge < -0.3 is 13.9 Å². The summed E-state index contributed by atoms with van der Waals surface area (Å²) >= 11 is 6.06. The van der Waals surface area contributed by atoms with Crippen molar-refractivity contribution in [1.29, 1.82) is 0 Å². The van der Waals surface area contributed by atoms with Gasteiger partial charge in [-0.25, -0.2) is 9.59 Å². The molecule has 0 spiro atoms. The lowest BCUT2D eigenvalue weighted by molar-refractivity contribution is 0.0592. The number of aliphatic imine (C=N–C) groups is 1. The largest absolute Gasteiger partial charge is 0.465 e. The van der Waals surface area contributed by atoms with Gasteiger partial charge in [0.15, 0.2) is 0 Å². The lowest BCUT2D eigenvalue weighted by atomic mass is 10.1. The molecule has 1 aromatic heterocycles. The topological polar surface area (TPSA) is 78.1 Å². The molecule has 7 heteroatoms. The lowest BCUT2D eigenvalue weighted by Gasteiger charge is -2.06. The molecule has 142 valence electrons. The molecule has 0 aliphatic carbocycles. The fourth-order valence-electron chi connectivity index (χ4n) is 2.58. The van der Waals surface area contributed by atoms with E-state index >= 15 is 0 Å². The van der Waals surface area contributed by atoms with Gasteiger partial charge in [0, 0.05) is 10.6 Å². The van der Waals surface area contributed by atoms with Gasteiger partial charge in [-0.2, -0.15) is 0 Å². The van der Waals surface area contributed by atoms with Crippen LogP contribution in [0.4, 0.5) is 5.69 Å². The molecule has 0 unspecified atom stereocenters. The minimum absolute atomic E-state index is 0.334. The number of ether oxygens (including phenoxy) is 2. The number of furan rings is 1. The Morgan fingerprint density at radius 2 is 1.68 bits per heavy atom. The molecular formula is C21H16ClNO5. The SMILES string of the molecule is COC(=O)c1ccccc1N=Cc1ccc(-c2cc(Cl)ccc2C(=O)OC)o1. The van der Waals surface area contributed by atoms with Crippen LogP contribution in [-0.4, -0.2) is 32.4 Å². The summed E-state index contributed by atoms with van der Waals surface area (Å²) in [6.07, 6.45) is 1.48. The van der Waals surface area contributed by atoms with Crippen LogP contribution in [0.25, 0.3) is 11.3 Å². The number of benzene rings is 2. The first-order chi connectivity index (χ1) is 13.5. The van der Waals surface area contributed by atoms with Gasteiger partial charge in [0.05, 0.1) is 37.2 Å². The first kappa shape index (κ1) is 19.4. The third kappa shape index (κ3) is 4.13. The summed E-state index contributed by atoms with van der Waals surface area (Å²) < 4.78 is 15.3. The van der Waals surface area contributed by atoms with Crippen LogP contribution in [0.1, 0.15) is 26.5 Å². The van der Waals surface area contributed by atoms with Crippen LogP contribution < -0.4 is 0 Å². The highest BCUT2D eigenvalue weighted by Gasteiger charge is 2.16. The van der Waals surface area contributed by atoms with Crippen molar-refractivity contribution in [2.75, 3.05) is 14.2 Å². The quantitative estimate of drug-likeness (QED) is 0.451. The van der Waals surface area contributed by atoms with Crippen LogP contribution >= 0.6 is 11.6 Å². The second-order valence-electron chi connectivity index (χ2n) is 5.65. The number of carbonyl (C=O) groups excluding carboxylic acids is 2. The van der Waals surface area contributed by atoms with Crippen LogP contribution in [0.5, 0.6) is 0 Å². The van der Waals surface area contributed by atoms with Gasteiger partial charge >= 0.3 is 11.9 Å². The zero-order valence-electron chi connectivity index (χ0n) is 15.1. The molecule has 0 bridgehead atoms. The smallest absolute Gasteiger partial charge is 0.340 e. The number of para-hydroxylation sites is 1. The molecule has 0 aliphatic rings. The van der Waals surface area contributed by atoms with Gasteiger partial charge in [-0.3, -0.25) is 4.99 Å². The van der Waals surface area contributed by atoms with E-state index in [-0.39, 0.29) is 0 Å². The van der Waals surface area contributed by atoms with E-state index in [0.717, 1.165) is 0 Å². The van der Waals surface area contributed by atoms with Gasteiger partial charge in [0.2, 0.25) is 0 Å². The molecule has 0 atom stereocenters. The van der Waals surface area contributed by atoms with Crippen molar-refractivity contribution >= 4 is 35.4 Å². The highest BCUT2D eigenvalue weighted by Crippen LogP contribution is 2.29. The molecule has 6 nitrogen and oxygen atoms in total. The Morgan fingerprint density at radius 3 is 2.43 bits per heavy atom. The molecule has 0 fully saturated rings. The van der Waals surface area contributed by atoms with E-state index in [4.69, 9.17) is 25.5 Å². The predicted molar refractivity (Wildman–Crippen MR) is 106 cm³/mol. The van der Waals surface area contributed by atoms with E-state index in [9.17, 15) is 9.59 Å². The third-order valence-corrected chi connectivity index (χ3v) is 4.15. The Bertz CT molecular complexity index is 1050. The van der Waals surface area contributed by atoms with Crippen molar-refractivity contribution in [3.05, 3.63) is 76.5 Å². The van der Waals surface area contributed by atoms with Gasteiger partial charge in [0.25, 0.3) is 0 Å². The Balaban J connectivity index is 1.93. The van der Waals surface area contributed by atoms with E-state index in [1.807, 2.05) is 0 Å². The molecule has 0 N–H and O–H groups in total. The van der Waals surface area contributed by atoms with Gasteiger partial charge in [-0.15, -0.1) is 0 Å². The third-order valence-electron chi connectivity index (χ3n) is 3.92. The summed E-state index contributed by atoms with van der Waals surface area (Å²) in [6, 6.07) is 15.0. The number of halogens is 1. The number of carbonyl (C=O) groups is 2. The molecular weight excluding hydrogens is 382 g/mol. The molecule has 28 heavy (non-hydrogen) atoms. The average Bonchev–Trinajstić information content (AvgIpc) is 3.20. The molecule has 0 amide bonds. The van der Waals surface area contributed by atoms with Gasteiger partial charge in [-0.1, -0.05) is 23.7 Å². The van der Waals surface area contributed by atoms with Gasteiger partial charge in [-0.05, 0) is 42.5 Å². The van der Waals surface area contributed by atoms with Crippen LogP contribution in [0.3, 0.4) is 0 Å². The molecule has 3 aromatic rings. The number of methoxy groups -OCH3 is 2. The van der Waals surface area contributed by atoms with Crippen molar-refractivity contribution in [2.45, 2.75) is 0 Å². The fourth-order valence-corrected chi connectivity index (χ4v) is 2.75. The first-order valence-electron chi connectivity index (χ1n) is 8.23. The lowest BCUT2D eigenvalue weighted by Crippen LogP contribution is -2.03. The van der Waals surface area contributed by atoms with Crippen molar-refractivity contribution in [2.24, 2.45) is 4.99 Å². The molecule has 0 radical (unpaired) electrons. The van der Waals surface area contributed by atoms with Crippen molar-refractivity contribution in [1.82, 2.24) is 0 Å². The van der Waals surface area contributed by atoms with Crippen LogP contribution in [-0.2, 0) is 9.47 Å². The van der Waals surface area contributed by atoms with E-state index in [2.05, 4.69) is 4.99 Å². The van der Waals surface area contributed by atoms with Crippen LogP contribution in [0, 0.1) is 0 Å². The highest BCUT2D eigenvalue weighted by molar-refractivity contribution is 6.31. The Morgan fingerprint density at radius 1 is 0.964 bits per heavy atom. The van der Waals surface area contributed by atoms with E-state index < -0.39 is 11.9 Å². The zero-order chi connectivity index (χ0) is 20.1. The van der Waals surface area contributed by atoms with Crippen LogP contribution in [0.2, 0.25) is 5.02 Å². The maximum absolute atomic E-state index is 12.0. The predicted octanol–water partition coefficient (Wildman–Crippen LogP) is 4.92. The monoisotopic (exact) mass is 397 g/mol. The number of nitrogens with zero attached hydrogens (tertiary/aromatic N) is 1.